The second-order valence-electron chi connectivity index (χ2n) is 7.30. The van der Waals surface area contributed by atoms with Crippen LogP contribution in [0.2, 0.25) is 0 Å². The zero-order valence-electron chi connectivity index (χ0n) is 17.5. The van der Waals surface area contributed by atoms with E-state index in [4.69, 9.17) is 0 Å². The van der Waals surface area contributed by atoms with Crippen molar-refractivity contribution in [3.63, 3.8) is 0 Å². The molecule has 1 fully saturated rings. The van der Waals surface area contributed by atoms with Gasteiger partial charge in [0.05, 0.1) is 5.56 Å². The molecule has 1 saturated heterocycles. The lowest BCUT2D eigenvalue weighted by molar-refractivity contribution is 0.0773. The van der Waals surface area contributed by atoms with Crippen molar-refractivity contribution in [2.24, 2.45) is 0 Å². The van der Waals surface area contributed by atoms with E-state index in [-0.39, 0.29) is 11.9 Å². The second kappa shape index (κ2) is 9.45. The molecule has 0 bridgehead atoms. The number of nitrogens with one attached hydrogen (secondary N) is 2. The molecule has 6 nitrogen and oxygen atoms in total. The first-order valence-corrected chi connectivity index (χ1v) is 10.3. The summed E-state index contributed by atoms with van der Waals surface area (Å²) in [5, 5.41) is 5.73. The lowest BCUT2D eigenvalue weighted by Gasteiger charge is -2.25. The van der Waals surface area contributed by atoms with E-state index >= 15 is 0 Å². The molecule has 0 unspecified atom stereocenters. The van der Waals surface area contributed by atoms with Crippen molar-refractivity contribution < 1.29 is 9.59 Å². The molecule has 0 atom stereocenters. The molecule has 0 saturated carbocycles. The van der Waals surface area contributed by atoms with Crippen LogP contribution in [0.3, 0.4) is 0 Å². The van der Waals surface area contributed by atoms with Crippen LogP contribution in [0.15, 0.2) is 42.5 Å². The summed E-state index contributed by atoms with van der Waals surface area (Å²) >= 11 is 0. The summed E-state index contributed by atoms with van der Waals surface area (Å²) in [6.07, 6.45) is 2.27. The molecule has 29 heavy (non-hydrogen) atoms. The fourth-order valence-electron chi connectivity index (χ4n) is 3.70. The minimum atomic E-state index is -0.325. The summed E-state index contributed by atoms with van der Waals surface area (Å²) in [4.78, 5) is 29.7. The summed E-state index contributed by atoms with van der Waals surface area (Å²) in [5.41, 5.74) is 3.95. The predicted molar refractivity (Wildman–Crippen MR) is 119 cm³/mol. The summed E-state index contributed by atoms with van der Waals surface area (Å²) in [6.45, 7) is 9.13. The molecule has 2 N–H and O–H groups in total. The highest BCUT2D eigenvalue weighted by atomic mass is 16.2. The van der Waals surface area contributed by atoms with Gasteiger partial charge in [0.2, 0.25) is 0 Å². The van der Waals surface area contributed by atoms with Crippen molar-refractivity contribution in [1.82, 2.24) is 4.90 Å². The first kappa shape index (κ1) is 20.7. The van der Waals surface area contributed by atoms with Crippen molar-refractivity contribution in [2.75, 3.05) is 41.7 Å². The molecule has 2 aromatic carbocycles. The maximum Gasteiger partial charge on any atom is 0.323 e. The number of aryl methyl sites for hydroxylation is 1. The van der Waals surface area contributed by atoms with E-state index in [0.717, 1.165) is 42.9 Å². The molecule has 1 aliphatic heterocycles. The Kier molecular flexibility index (Phi) is 6.75. The summed E-state index contributed by atoms with van der Waals surface area (Å²) < 4.78 is 0. The fraction of sp³-hybridized carbons (Fsp3) is 0.391. The van der Waals surface area contributed by atoms with Crippen molar-refractivity contribution in [1.29, 1.82) is 0 Å². The Bertz CT molecular complexity index is 871. The van der Waals surface area contributed by atoms with Crippen LogP contribution in [0.5, 0.6) is 0 Å². The largest absolute Gasteiger partial charge is 0.371 e. The Labute approximate surface area is 172 Å². The topological polar surface area (TPSA) is 64.7 Å². The van der Waals surface area contributed by atoms with Gasteiger partial charge in [0, 0.05) is 43.2 Å². The summed E-state index contributed by atoms with van der Waals surface area (Å²) in [6, 6.07) is 12.9. The van der Waals surface area contributed by atoms with Crippen LogP contribution in [0.4, 0.5) is 21.9 Å². The molecule has 1 aliphatic rings. The standard InChI is InChI=1S/C23H30N4O2/c1-4-26(5-2)22(28)19-16-18(12-13-21(19)27-14-8-9-15-27)24-23(29)25-20-11-7-6-10-17(20)3/h6-7,10-13,16H,4-5,8-9,14-15H2,1-3H3,(H2,24,25,29). The van der Waals surface area contributed by atoms with Crippen LogP contribution in [0, 0.1) is 6.92 Å². The van der Waals surface area contributed by atoms with Gasteiger partial charge < -0.3 is 20.4 Å². The van der Waals surface area contributed by atoms with Crippen molar-refractivity contribution in [3.8, 4) is 0 Å². The van der Waals surface area contributed by atoms with Crippen LogP contribution in [0.1, 0.15) is 42.6 Å². The molecule has 3 amide bonds. The maximum atomic E-state index is 13.1. The molecule has 154 valence electrons. The second-order valence-corrected chi connectivity index (χ2v) is 7.30. The monoisotopic (exact) mass is 394 g/mol. The molecule has 0 radical (unpaired) electrons. The van der Waals surface area contributed by atoms with Gasteiger partial charge in [0.1, 0.15) is 0 Å². The zero-order chi connectivity index (χ0) is 20.8. The average Bonchev–Trinajstić information content (AvgIpc) is 3.25. The van der Waals surface area contributed by atoms with Crippen LogP contribution < -0.4 is 15.5 Å². The van der Waals surface area contributed by atoms with E-state index in [9.17, 15) is 9.59 Å². The third-order valence-electron chi connectivity index (χ3n) is 5.38. The van der Waals surface area contributed by atoms with Gasteiger partial charge in [-0.1, -0.05) is 18.2 Å². The molecule has 3 rings (SSSR count). The number of benzene rings is 2. The van der Waals surface area contributed by atoms with Crippen LogP contribution in [-0.4, -0.2) is 43.0 Å². The minimum absolute atomic E-state index is 0.000128. The number of carbonyl (C=O) groups is 2. The van der Waals surface area contributed by atoms with Crippen molar-refractivity contribution >= 4 is 29.0 Å². The first-order chi connectivity index (χ1) is 14.0. The van der Waals surface area contributed by atoms with E-state index in [1.54, 1.807) is 6.07 Å². The third-order valence-corrected chi connectivity index (χ3v) is 5.38. The van der Waals surface area contributed by atoms with E-state index in [0.29, 0.717) is 24.3 Å². The van der Waals surface area contributed by atoms with Crippen LogP contribution >= 0.6 is 0 Å². The van der Waals surface area contributed by atoms with E-state index in [1.807, 2.05) is 62.1 Å². The molecule has 2 aromatic rings. The fourth-order valence-corrected chi connectivity index (χ4v) is 3.70. The number of hydrogen-bond donors (Lipinski definition) is 2. The number of rotatable bonds is 6. The number of hydrogen-bond acceptors (Lipinski definition) is 3. The number of carbonyl (C=O) groups excluding carboxylic acids is 2. The lowest BCUT2D eigenvalue weighted by atomic mass is 10.1. The summed E-state index contributed by atoms with van der Waals surface area (Å²) in [7, 11) is 0. The van der Waals surface area contributed by atoms with Gasteiger partial charge in [0.25, 0.3) is 5.91 Å². The molecule has 0 spiro atoms. The van der Waals surface area contributed by atoms with E-state index < -0.39 is 0 Å². The van der Waals surface area contributed by atoms with Gasteiger partial charge in [0.15, 0.2) is 0 Å². The molecule has 0 aromatic heterocycles. The predicted octanol–water partition coefficient (Wildman–Crippen LogP) is 4.72. The SMILES string of the molecule is CCN(CC)C(=O)c1cc(NC(=O)Nc2ccccc2C)ccc1N1CCCC1. The molecular weight excluding hydrogens is 364 g/mol. The normalized spacial score (nSPS) is 13.3. The third kappa shape index (κ3) is 4.88. The lowest BCUT2D eigenvalue weighted by Crippen LogP contribution is -2.32. The molecular formula is C23H30N4O2. The Balaban J connectivity index is 1.84. The molecule has 6 heteroatoms. The highest BCUT2D eigenvalue weighted by Gasteiger charge is 2.23. The highest BCUT2D eigenvalue weighted by molar-refractivity contribution is 6.04. The number of urea groups is 1. The molecule has 1 heterocycles. The van der Waals surface area contributed by atoms with Gasteiger partial charge in [-0.3, -0.25) is 4.79 Å². The van der Waals surface area contributed by atoms with Crippen LogP contribution in [-0.2, 0) is 0 Å². The molecule has 0 aliphatic carbocycles. The quantitative estimate of drug-likeness (QED) is 0.745. The number of nitrogens with zero attached hydrogens (tertiary/aromatic N) is 2. The van der Waals surface area contributed by atoms with Gasteiger partial charge in [-0.05, 0) is 63.4 Å². The summed E-state index contributed by atoms with van der Waals surface area (Å²) in [5.74, 6) is -0.000128. The Morgan fingerprint density at radius 2 is 1.69 bits per heavy atom. The van der Waals surface area contributed by atoms with E-state index in [1.165, 1.54) is 0 Å². The highest BCUT2D eigenvalue weighted by Crippen LogP contribution is 2.29. The average molecular weight is 395 g/mol. The Morgan fingerprint density at radius 1 is 1.00 bits per heavy atom. The smallest absolute Gasteiger partial charge is 0.323 e. The first-order valence-electron chi connectivity index (χ1n) is 10.3. The Morgan fingerprint density at radius 3 is 2.34 bits per heavy atom. The van der Waals surface area contributed by atoms with Gasteiger partial charge in [-0.2, -0.15) is 0 Å². The maximum absolute atomic E-state index is 13.1. The van der Waals surface area contributed by atoms with Crippen LogP contribution in [0.25, 0.3) is 0 Å². The number of amides is 3. The Hall–Kier alpha value is -3.02. The number of para-hydroxylation sites is 1. The van der Waals surface area contributed by atoms with Gasteiger partial charge >= 0.3 is 6.03 Å². The van der Waals surface area contributed by atoms with Gasteiger partial charge in [-0.25, -0.2) is 4.79 Å². The zero-order valence-corrected chi connectivity index (χ0v) is 17.5. The van der Waals surface area contributed by atoms with E-state index in [2.05, 4.69) is 15.5 Å². The van der Waals surface area contributed by atoms with Crippen molar-refractivity contribution in [3.05, 3.63) is 53.6 Å². The minimum Gasteiger partial charge on any atom is -0.371 e. The van der Waals surface area contributed by atoms with Crippen molar-refractivity contribution in [2.45, 2.75) is 33.6 Å². The van der Waals surface area contributed by atoms with Gasteiger partial charge in [-0.15, -0.1) is 0 Å². The number of anilines is 3.